The van der Waals surface area contributed by atoms with Crippen molar-refractivity contribution in [2.45, 2.75) is 12.3 Å². The standard InChI is InChI=1S/C13H16N2O5/c1-18-11-9-7-5-4-6-8-10(9)14(12(16)19-2)15(11)13(17)20-3/h4-8,10-11H,1-3H3/t10-,11+/m1/s1. The van der Waals surface area contributed by atoms with Crippen LogP contribution in [0, 0.1) is 0 Å². The summed E-state index contributed by atoms with van der Waals surface area (Å²) < 4.78 is 14.8. The molecule has 0 saturated carbocycles. The minimum atomic E-state index is -0.723. The fraction of sp³-hybridized carbons (Fsp3) is 0.385. The maximum atomic E-state index is 12.0. The van der Waals surface area contributed by atoms with Gasteiger partial charge in [-0.25, -0.2) is 9.59 Å². The van der Waals surface area contributed by atoms with Crippen LogP contribution in [-0.2, 0) is 14.2 Å². The van der Waals surface area contributed by atoms with Crippen LogP contribution >= 0.6 is 0 Å². The van der Waals surface area contributed by atoms with Crippen molar-refractivity contribution in [3.63, 3.8) is 0 Å². The van der Waals surface area contributed by atoms with Crippen molar-refractivity contribution in [2.24, 2.45) is 0 Å². The highest BCUT2D eigenvalue weighted by Gasteiger charge is 2.49. The number of hydrogen-bond donors (Lipinski definition) is 0. The zero-order valence-corrected chi connectivity index (χ0v) is 11.5. The summed E-state index contributed by atoms with van der Waals surface area (Å²) in [6, 6.07) is -0.457. The molecule has 0 unspecified atom stereocenters. The number of amides is 2. The second-order valence-corrected chi connectivity index (χ2v) is 4.10. The van der Waals surface area contributed by atoms with Crippen LogP contribution in [0.5, 0.6) is 0 Å². The van der Waals surface area contributed by atoms with Crippen LogP contribution in [-0.4, -0.2) is 55.8 Å². The van der Waals surface area contributed by atoms with Crippen molar-refractivity contribution in [1.29, 1.82) is 0 Å². The highest BCUT2D eigenvalue weighted by molar-refractivity contribution is 5.77. The van der Waals surface area contributed by atoms with Gasteiger partial charge in [0.15, 0.2) is 6.23 Å². The van der Waals surface area contributed by atoms with Gasteiger partial charge in [-0.15, -0.1) is 0 Å². The number of allylic oxidation sites excluding steroid dienone is 4. The first-order chi connectivity index (χ1) is 9.65. The summed E-state index contributed by atoms with van der Waals surface area (Å²) in [6.45, 7) is 0. The molecule has 2 amide bonds. The molecule has 7 nitrogen and oxygen atoms in total. The molecule has 1 fully saturated rings. The molecule has 1 saturated heterocycles. The number of hydrogen-bond acceptors (Lipinski definition) is 5. The first-order valence-corrected chi connectivity index (χ1v) is 5.97. The quantitative estimate of drug-likeness (QED) is 0.727. The minimum absolute atomic E-state index is 0.457. The van der Waals surface area contributed by atoms with Crippen LogP contribution in [0.2, 0.25) is 0 Å². The topological polar surface area (TPSA) is 68.3 Å². The third-order valence-corrected chi connectivity index (χ3v) is 3.10. The van der Waals surface area contributed by atoms with E-state index < -0.39 is 24.5 Å². The lowest BCUT2D eigenvalue weighted by atomic mass is 10.1. The third kappa shape index (κ3) is 2.16. The SMILES string of the molecule is COC(=O)N1[C@@H]2C=CC=CC=C2[C@H](OC)N1C(=O)OC. The van der Waals surface area contributed by atoms with Crippen molar-refractivity contribution >= 4 is 12.2 Å². The Hall–Kier alpha value is -2.28. The molecular weight excluding hydrogens is 264 g/mol. The largest absolute Gasteiger partial charge is 0.451 e. The van der Waals surface area contributed by atoms with Crippen molar-refractivity contribution < 1.29 is 23.8 Å². The first kappa shape index (κ1) is 14.1. The fourth-order valence-corrected chi connectivity index (χ4v) is 2.26. The Morgan fingerprint density at radius 1 is 1.00 bits per heavy atom. The van der Waals surface area contributed by atoms with E-state index in [1.807, 2.05) is 12.2 Å². The minimum Gasteiger partial charge on any atom is -0.451 e. The average Bonchev–Trinajstić information content (AvgIpc) is 2.62. The van der Waals surface area contributed by atoms with Gasteiger partial charge in [0.2, 0.25) is 0 Å². The number of carbonyl (C=O) groups excluding carboxylic acids is 2. The monoisotopic (exact) mass is 280 g/mol. The van der Waals surface area contributed by atoms with Gasteiger partial charge in [0.05, 0.1) is 14.2 Å². The summed E-state index contributed by atoms with van der Waals surface area (Å²) >= 11 is 0. The summed E-state index contributed by atoms with van der Waals surface area (Å²) in [7, 11) is 3.94. The summed E-state index contributed by atoms with van der Waals surface area (Å²) in [5.41, 5.74) is 0.744. The molecule has 0 N–H and O–H groups in total. The van der Waals surface area contributed by atoms with E-state index in [1.54, 1.807) is 18.2 Å². The van der Waals surface area contributed by atoms with Crippen LogP contribution in [0.1, 0.15) is 0 Å². The number of carbonyl (C=O) groups is 2. The lowest BCUT2D eigenvalue weighted by Gasteiger charge is -2.29. The third-order valence-electron chi connectivity index (χ3n) is 3.10. The van der Waals surface area contributed by atoms with Crippen molar-refractivity contribution in [3.05, 3.63) is 36.0 Å². The second kappa shape index (κ2) is 5.79. The Bertz CT molecular complexity index is 497. The Morgan fingerprint density at radius 3 is 2.25 bits per heavy atom. The maximum absolute atomic E-state index is 12.0. The van der Waals surface area contributed by atoms with Crippen molar-refractivity contribution in [3.8, 4) is 0 Å². The molecule has 0 aromatic heterocycles. The van der Waals surface area contributed by atoms with E-state index in [2.05, 4.69) is 0 Å². The molecular formula is C13H16N2O5. The summed E-state index contributed by atoms with van der Waals surface area (Å²) in [4.78, 5) is 23.9. The van der Waals surface area contributed by atoms with Crippen LogP contribution in [0.15, 0.2) is 36.0 Å². The molecule has 7 heteroatoms. The van der Waals surface area contributed by atoms with E-state index in [0.717, 1.165) is 10.6 Å². The number of rotatable bonds is 1. The van der Waals surface area contributed by atoms with Gasteiger partial charge >= 0.3 is 12.2 Å². The van der Waals surface area contributed by atoms with Crippen LogP contribution in [0.3, 0.4) is 0 Å². The number of methoxy groups -OCH3 is 3. The summed E-state index contributed by atoms with van der Waals surface area (Å²) in [6.07, 6.45) is 6.92. The van der Waals surface area contributed by atoms with Gasteiger partial charge in [0.25, 0.3) is 0 Å². The van der Waals surface area contributed by atoms with E-state index in [1.165, 1.54) is 26.3 Å². The maximum Gasteiger partial charge on any atom is 0.431 e. The van der Waals surface area contributed by atoms with Gasteiger partial charge in [-0.1, -0.05) is 30.4 Å². The zero-order chi connectivity index (χ0) is 14.7. The van der Waals surface area contributed by atoms with Gasteiger partial charge in [-0.2, -0.15) is 10.0 Å². The summed E-state index contributed by atoms with van der Waals surface area (Å²) in [5.74, 6) is 0. The molecule has 1 heterocycles. The molecule has 1 aliphatic heterocycles. The van der Waals surface area contributed by atoms with Gasteiger partial charge in [-0.05, 0) is 0 Å². The second-order valence-electron chi connectivity index (χ2n) is 4.10. The lowest BCUT2D eigenvalue weighted by Crippen LogP contribution is -2.50. The Labute approximate surface area is 116 Å². The number of hydrazine groups is 1. The van der Waals surface area contributed by atoms with Gasteiger partial charge in [-0.3, -0.25) is 0 Å². The Kier molecular flexibility index (Phi) is 4.09. The Balaban J connectivity index is 2.49. The Morgan fingerprint density at radius 2 is 1.65 bits per heavy atom. The van der Waals surface area contributed by atoms with Crippen molar-refractivity contribution in [2.75, 3.05) is 21.3 Å². The molecule has 1 aliphatic carbocycles. The number of fused-ring (bicyclic) bond motifs is 1. The smallest absolute Gasteiger partial charge is 0.431 e. The highest BCUT2D eigenvalue weighted by atomic mass is 16.6. The molecule has 20 heavy (non-hydrogen) atoms. The van der Waals surface area contributed by atoms with E-state index in [-0.39, 0.29) is 0 Å². The molecule has 108 valence electrons. The van der Waals surface area contributed by atoms with Crippen LogP contribution in [0.4, 0.5) is 9.59 Å². The molecule has 0 aromatic carbocycles. The summed E-state index contributed by atoms with van der Waals surface area (Å²) in [5, 5.41) is 2.28. The van der Waals surface area contributed by atoms with Gasteiger partial charge in [0.1, 0.15) is 6.04 Å². The fourth-order valence-electron chi connectivity index (χ4n) is 2.26. The van der Waals surface area contributed by atoms with Gasteiger partial charge in [0, 0.05) is 12.7 Å². The molecule has 2 rings (SSSR count). The zero-order valence-electron chi connectivity index (χ0n) is 11.5. The van der Waals surface area contributed by atoms with Crippen LogP contribution < -0.4 is 0 Å². The normalized spacial score (nSPS) is 24.1. The van der Waals surface area contributed by atoms with Crippen LogP contribution in [0.25, 0.3) is 0 Å². The molecule has 0 aromatic rings. The van der Waals surface area contributed by atoms with E-state index in [4.69, 9.17) is 14.2 Å². The number of ether oxygens (including phenoxy) is 3. The lowest BCUT2D eigenvalue weighted by molar-refractivity contribution is -0.0719. The molecule has 0 spiro atoms. The predicted molar refractivity (Wildman–Crippen MR) is 69.4 cm³/mol. The average molecular weight is 280 g/mol. The van der Waals surface area contributed by atoms with Crippen molar-refractivity contribution in [1.82, 2.24) is 10.0 Å². The van der Waals surface area contributed by atoms with E-state index >= 15 is 0 Å². The number of nitrogens with zero attached hydrogens (tertiary/aromatic N) is 2. The molecule has 0 radical (unpaired) electrons. The molecule has 0 bridgehead atoms. The first-order valence-electron chi connectivity index (χ1n) is 5.97. The van der Waals surface area contributed by atoms with E-state index in [9.17, 15) is 9.59 Å². The predicted octanol–water partition coefficient (Wildman–Crippen LogP) is 1.45. The van der Waals surface area contributed by atoms with E-state index in [0.29, 0.717) is 0 Å². The molecule has 2 atom stereocenters. The molecule has 2 aliphatic rings. The highest BCUT2D eigenvalue weighted by Crippen LogP contribution is 2.33. The van der Waals surface area contributed by atoms with Gasteiger partial charge < -0.3 is 14.2 Å².